The molecule has 77 heavy (non-hydrogen) atoms. The van der Waals surface area contributed by atoms with Gasteiger partial charge in [-0.2, -0.15) is 0 Å². The van der Waals surface area contributed by atoms with Crippen molar-refractivity contribution >= 4 is 5.91 Å². The molecule has 0 aromatic carbocycles. The summed E-state index contributed by atoms with van der Waals surface area (Å²) in [6.45, 7) is 2.88. The summed E-state index contributed by atoms with van der Waals surface area (Å²) >= 11 is 0. The summed E-state index contributed by atoms with van der Waals surface area (Å²) in [5, 5.41) is 87.4. The number of carbonyl (C=O) groups is 1. The Morgan fingerprint density at radius 3 is 1.30 bits per heavy atom. The monoisotopic (exact) mass is 1100 g/mol. The first-order chi connectivity index (χ1) is 37.6. The van der Waals surface area contributed by atoms with Crippen molar-refractivity contribution in [1.82, 2.24) is 5.32 Å². The van der Waals surface area contributed by atoms with Crippen LogP contribution in [0.4, 0.5) is 0 Å². The average molecular weight is 1100 g/mol. The van der Waals surface area contributed by atoms with Gasteiger partial charge in [0.2, 0.25) is 5.91 Å². The van der Waals surface area contributed by atoms with Gasteiger partial charge in [-0.3, -0.25) is 4.79 Å². The van der Waals surface area contributed by atoms with E-state index < -0.39 is 86.8 Å². The van der Waals surface area contributed by atoms with Crippen LogP contribution >= 0.6 is 0 Å². The van der Waals surface area contributed by atoms with Crippen molar-refractivity contribution in [2.75, 3.05) is 19.8 Å². The van der Waals surface area contributed by atoms with Crippen molar-refractivity contribution in [3.63, 3.8) is 0 Å². The van der Waals surface area contributed by atoms with Crippen LogP contribution in [-0.4, -0.2) is 140 Å². The fraction of sp³-hybridized carbons (Fsp3) is 0.921. The van der Waals surface area contributed by atoms with Crippen molar-refractivity contribution in [1.29, 1.82) is 0 Å². The SMILES string of the molecule is CCCCCCC/C=C\C/C=C\CCCCCCCCCCCC(=O)NC(COC1OC(CO)C(OC2OC(CO)C(O)C(O)C2O)C(O)C1O)C(O)CCCCCCCCCCCCCCCCCCCCCCCC. The lowest BCUT2D eigenvalue weighted by atomic mass is 9.97. The Labute approximate surface area is 468 Å². The highest BCUT2D eigenvalue weighted by Crippen LogP contribution is 2.30. The topological polar surface area (TPSA) is 228 Å². The van der Waals surface area contributed by atoms with Crippen LogP contribution in [0, 0.1) is 0 Å². The molecule has 14 heteroatoms. The van der Waals surface area contributed by atoms with Gasteiger partial charge >= 0.3 is 0 Å². The standard InChI is InChI=1S/C63H119NO13/c1-3-5-7-9-11-13-15-17-19-21-23-25-27-28-30-32-34-36-38-40-42-44-46-52(67)51(50-74-62-60(73)58(71)61(54(49-66)76-62)77-63-59(72)57(70)56(69)53(48-65)75-63)64-55(68)47-45-43-41-39-37-35-33-31-29-26-24-22-20-18-16-14-12-10-8-6-4-2/h16,18,22,24,51-54,56-63,65-67,69-73H,3-15,17,19-21,23,25-50H2,1-2H3,(H,64,68)/b18-16-,24-22-. The van der Waals surface area contributed by atoms with E-state index in [0.29, 0.717) is 12.8 Å². The summed E-state index contributed by atoms with van der Waals surface area (Å²) < 4.78 is 22.9. The maximum atomic E-state index is 13.3. The highest BCUT2D eigenvalue weighted by atomic mass is 16.7. The molecule has 9 N–H and O–H groups in total. The maximum absolute atomic E-state index is 13.3. The first kappa shape index (κ1) is 71.6. The fourth-order valence-electron chi connectivity index (χ4n) is 10.7. The molecule has 2 aliphatic heterocycles. The van der Waals surface area contributed by atoms with Gasteiger partial charge in [0.1, 0.15) is 48.8 Å². The number of hydrogen-bond acceptors (Lipinski definition) is 13. The molecule has 12 atom stereocenters. The molecule has 12 unspecified atom stereocenters. The van der Waals surface area contributed by atoms with Crippen LogP contribution in [0.25, 0.3) is 0 Å². The Balaban J connectivity index is 1.72. The number of aliphatic hydroxyl groups excluding tert-OH is 8. The highest BCUT2D eigenvalue weighted by Gasteiger charge is 2.51. The Kier molecular flexibility index (Phi) is 45.7. The Bertz CT molecular complexity index is 1390. The molecule has 0 aromatic heterocycles. The fourth-order valence-corrected chi connectivity index (χ4v) is 10.7. The molecule has 0 aromatic rings. The lowest BCUT2D eigenvalue weighted by Gasteiger charge is -2.46. The van der Waals surface area contributed by atoms with Gasteiger partial charge in [-0.1, -0.05) is 250 Å². The second-order valence-corrected chi connectivity index (χ2v) is 22.9. The van der Waals surface area contributed by atoms with E-state index in [1.165, 1.54) is 186 Å². The van der Waals surface area contributed by atoms with Gasteiger partial charge < -0.3 is 65.1 Å². The van der Waals surface area contributed by atoms with Gasteiger partial charge in [0.25, 0.3) is 0 Å². The van der Waals surface area contributed by atoms with E-state index in [-0.39, 0.29) is 12.5 Å². The average Bonchev–Trinajstić information content (AvgIpc) is 3.44. The number of hydrogen-bond donors (Lipinski definition) is 9. The number of amides is 1. The van der Waals surface area contributed by atoms with Crippen LogP contribution in [0.5, 0.6) is 0 Å². The van der Waals surface area contributed by atoms with Gasteiger partial charge in [0.15, 0.2) is 12.6 Å². The van der Waals surface area contributed by atoms with Crippen LogP contribution in [-0.2, 0) is 23.7 Å². The lowest BCUT2D eigenvalue weighted by Crippen LogP contribution is -2.65. The van der Waals surface area contributed by atoms with Gasteiger partial charge in [-0.05, 0) is 44.9 Å². The number of aliphatic hydroxyl groups is 8. The van der Waals surface area contributed by atoms with Gasteiger partial charge in [0.05, 0.1) is 32.0 Å². The highest BCUT2D eigenvalue weighted by molar-refractivity contribution is 5.76. The first-order valence-electron chi connectivity index (χ1n) is 32.1. The van der Waals surface area contributed by atoms with Crippen molar-refractivity contribution in [3.8, 4) is 0 Å². The number of nitrogens with one attached hydrogen (secondary N) is 1. The predicted molar refractivity (Wildman–Crippen MR) is 309 cm³/mol. The Morgan fingerprint density at radius 2 is 0.857 bits per heavy atom. The summed E-state index contributed by atoms with van der Waals surface area (Å²) in [5.74, 6) is -0.207. The second kappa shape index (κ2) is 49.1. The van der Waals surface area contributed by atoms with Crippen LogP contribution in [0.3, 0.4) is 0 Å². The van der Waals surface area contributed by atoms with Crippen molar-refractivity contribution in [2.45, 2.75) is 351 Å². The molecular formula is C63H119NO13. The lowest BCUT2D eigenvalue weighted by molar-refractivity contribution is -0.359. The number of allylic oxidation sites excluding steroid dienone is 4. The summed E-state index contributed by atoms with van der Waals surface area (Å²) in [6.07, 6.45) is 41.7. The summed E-state index contributed by atoms with van der Waals surface area (Å²) in [6, 6.07) is -0.830. The number of ether oxygens (including phenoxy) is 4. The Morgan fingerprint density at radius 1 is 0.468 bits per heavy atom. The molecule has 0 aliphatic carbocycles. The van der Waals surface area contributed by atoms with Crippen LogP contribution < -0.4 is 5.32 Å². The largest absolute Gasteiger partial charge is 0.394 e. The van der Waals surface area contributed by atoms with Crippen LogP contribution in [0.15, 0.2) is 24.3 Å². The molecule has 0 bridgehead atoms. The first-order valence-corrected chi connectivity index (χ1v) is 32.1. The van der Waals surface area contributed by atoms with E-state index in [0.717, 1.165) is 64.2 Å². The smallest absolute Gasteiger partial charge is 0.220 e. The van der Waals surface area contributed by atoms with Crippen molar-refractivity contribution in [2.24, 2.45) is 0 Å². The van der Waals surface area contributed by atoms with Gasteiger partial charge in [-0.25, -0.2) is 0 Å². The van der Waals surface area contributed by atoms with Gasteiger partial charge in [0, 0.05) is 6.42 Å². The van der Waals surface area contributed by atoms with E-state index in [4.69, 9.17) is 18.9 Å². The quantitative estimate of drug-likeness (QED) is 0.0204. The van der Waals surface area contributed by atoms with E-state index in [2.05, 4.69) is 43.5 Å². The third kappa shape index (κ3) is 34.5. The zero-order valence-corrected chi connectivity index (χ0v) is 49.0. The minimum atomic E-state index is -1.78. The summed E-state index contributed by atoms with van der Waals surface area (Å²) in [5.41, 5.74) is 0. The second-order valence-electron chi connectivity index (χ2n) is 22.9. The zero-order chi connectivity index (χ0) is 56.0. The maximum Gasteiger partial charge on any atom is 0.220 e. The molecule has 2 heterocycles. The van der Waals surface area contributed by atoms with Crippen LogP contribution in [0.1, 0.15) is 277 Å². The van der Waals surface area contributed by atoms with Crippen molar-refractivity contribution < 1.29 is 64.6 Å². The van der Waals surface area contributed by atoms with E-state index in [1.807, 2.05) is 0 Å². The molecule has 1 amide bonds. The molecule has 0 spiro atoms. The third-order valence-electron chi connectivity index (χ3n) is 15.9. The molecule has 0 radical (unpaired) electrons. The molecular weight excluding hydrogens is 979 g/mol. The molecule has 14 nitrogen and oxygen atoms in total. The molecule has 0 saturated carbocycles. The van der Waals surface area contributed by atoms with Crippen molar-refractivity contribution in [3.05, 3.63) is 24.3 Å². The minimum Gasteiger partial charge on any atom is -0.394 e. The molecule has 454 valence electrons. The van der Waals surface area contributed by atoms with E-state index in [1.54, 1.807) is 0 Å². The molecule has 2 aliphatic rings. The minimum absolute atomic E-state index is 0.207. The Hall–Kier alpha value is -1.53. The van der Waals surface area contributed by atoms with Crippen LogP contribution in [0.2, 0.25) is 0 Å². The number of unbranched alkanes of at least 4 members (excludes halogenated alkanes) is 35. The number of rotatable bonds is 52. The van der Waals surface area contributed by atoms with E-state index in [9.17, 15) is 45.6 Å². The van der Waals surface area contributed by atoms with E-state index >= 15 is 0 Å². The van der Waals surface area contributed by atoms with Gasteiger partial charge in [-0.15, -0.1) is 0 Å². The normalized spacial score (nSPS) is 24.8. The third-order valence-corrected chi connectivity index (χ3v) is 15.9. The predicted octanol–water partition coefficient (Wildman–Crippen LogP) is 11.6. The molecule has 2 fully saturated rings. The number of carbonyl (C=O) groups excluding carboxylic acids is 1. The zero-order valence-electron chi connectivity index (χ0n) is 49.0. The molecule has 2 saturated heterocycles. The summed E-state index contributed by atoms with van der Waals surface area (Å²) in [7, 11) is 0. The molecule has 2 rings (SSSR count). The summed E-state index contributed by atoms with van der Waals surface area (Å²) in [4.78, 5) is 13.3.